The number of imide groups is 1. The topological polar surface area (TPSA) is 161 Å². The number of carbonyl (C=O) groups excluding carboxylic acids is 4. The molecule has 4 amide bonds. The second-order valence-electron chi connectivity index (χ2n) is 14.5. The third-order valence-electron chi connectivity index (χ3n) is 11.3. The molecule has 13 nitrogen and oxygen atoms in total. The van der Waals surface area contributed by atoms with E-state index in [0.29, 0.717) is 52.9 Å². The fourth-order valence-corrected chi connectivity index (χ4v) is 8.67. The summed E-state index contributed by atoms with van der Waals surface area (Å²) in [4.78, 5) is 56.1. The third-order valence-corrected chi connectivity index (χ3v) is 11.6. The zero-order valence-electron chi connectivity index (χ0n) is 28.9. The molecule has 2 aromatic carbocycles. The Labute approximate surface area is 310 Å². The van der Waals surface area contributed by atoms with Crippen molar-refractivity contribution in [1.29, 1.82) is 5.26 Å². The lowest BCUT2D eigenvalue weighted by Gasteiger charge is -2.41. The maximum absolute atomic E-state index is 16.0. The highest BCUT2D eigenvalue weighted by Gasteiger charge is 2.43. The Hall–Kier alpha value is -5.13. The highest BCUT2D eigenvalue weighted by Crippen LogP contribution is 2.36. The van der Waals surface area contributed by atoms with Crippen molar-refractivity contribution in [3.63, 3.8) is 0 Å². The number of carbonyl (C=O) groups is 4. The van der Waals surface area contributed by atoms with Crippen molar-refractivity contribution in [2.24, 2.45) is 0 Å². The van der Waals surface area contributed by atoms with Crippen LogP contribution in [0.3, 0.4) is 0 Å². The van der Waals surface area contributed by atoms with E-state index in [2.05, 4.69) is 30.6 Å². The van der Waals surface area contributed by atoms with Crippen molar-refractivity contribution in [2.45, 2.75) is 94.7 Å². The SMILES string of the molecule is N#Cc1ccc(O[C@H]2CC[C@H](NC(=O)c3ccc(N4CC5CCC(C4)N5Cc4ccc5c(c4F)CN(C4CCC(=O)NC4=O)C5=O)nn3)CC2)cc1Cl. The normalized spacial score (nSPS) is 25.5. The molecule has 5 aliphatic rings. The molecule has 53 heavy (non-hydrogen) atoms. The Morgan fingerprint density at radius 1 is 1.00 bits per heavy atom. The first-order chi connectivity index (χ1) is 25.6. The summed E-state index contributed by atoms with van der Waals surface area (Å²) in [7, 11) is 0. The van der Waals surface area contributed by atoms with Gasteiger partial charge in [0.1, 0.15) is 23.7 Å². The number of aromatic nitrogens is 2. The zero-order chi connectivity index (χ0) is 36.8. The van der Waals surface area contributed by atoms with E-state index >= 15 is 4.39 Å². The molecule has 3 saturated heterocycles. The predicted octanol–water partition coefficient (Wildman–Crippen LogP) is 3.87. The fourth-order valence-electron chi connectivity index (χ4n) is 8.46. The van der Waals surface area contributed by atoms with Crippen molar-refractivity contribution < 1.29 is 28.3 Å². The first kappa shape index (κ1) is 34.9. The Morgan fingerprint density at radius 3 is 2.45 bits per heavy atom. The molecule has 1 aliphatic carbocycles. The largest absolute Gasteiger partial charge is 0.490 e. The quantitative estimate of drug-likeness (QED) is 0.325. The number of nitriles is 1. The molecule has 0 spiro atoms. The van der Waals surface area contributed by atoms with Gasteiger partial charge in [0, 0.05) is 66.9 Å². The van der Waals surface area contributed by atoms with E-state index in [0.717, 1.165) is 38.5 Å². The van der Waals surface area contributed by atoms with Gasteiger partial charge in [0.25, 0.3) is 11.8 Å². The monoisotopic (exact) mass is 740 g/mol. The van der Waals surface area contributed by atoms with Crippen molar-refractivity contribution in [1.82, 2.24) is 30.6 Å². The molecule has 8 rings (SSSR count). The number of piperazine rings is 1. The number of nitrogens with one attached hydrogen (secondary N) is 2. The van der Waals surface area contributed by atoms with Crippen LogP contribution < -0.4 is 20.3 Å². The van der Waals surface area contributed by atoms with E-state index in [1.54, 1.807) is 36.4 Å². The van der Waals surface area contributed by atoms with Crippen LogP contribution in [-0.2, 0) is 22.7 Å². The molecule has 4 aliphatic heterocycles. The molecule has 4 fully saturated rings. The van der Waals surface area contributed by atoms with Crippen molar-refractivity contribution in [3.05, 3.63) is 81.3 Å². The minimum atomic E-state index is -0.791. The summed E-state index contributed by atoms with van der Waals surface area (Å²) in [5.41, 5.74) is 1.74. The summed E-state index contributed by atoms with van der Waals surface area (Å²) in [6.45, 7) is 1.77. The molecule has 3 unspecified atom stereocenters. The van der Waals surface area contributed by atoms with Crippen LogP contribution in [0.15, 0.2) is 42.5 Å². The van der Waals surface area contributed by atoms with Crippen molar-refractivity contribution >= 4 is 41.0 Å². The van der Waals surface area contributed by atoms with Gasteiger partial charge >= 0.3 is 0 Å². The number of anilines is 1. The zero-order valence-corrected chi connectivity index (χ0v) is 29.6. The summed E-state index contributed by atoms with van der Waals surface area (Å²) in [6, 6.07) is 13.5. The molecule has 274 valence electrons. The van der Waals surface area contributed by atoms with Crippen molar-refractivity contribution in [3.8, 4) is 11.8 Å². The summed E-state index contributed by atoms with van der Waals surface area (Å²) in [5, 5.41) is 23.5. The molecule has 3 aromatic rings. The number of piperidine rings is 1. The maximum atomic E-state index is 16.0. The van der Waals surface area contributed by atoms with Crippen LogP contribution in [0.2, 0.25) is 5.02 Å². The van der Waals surface area contributed by atoms with Gasteiger partial charge in [-0.3, -0.25) is 29.4 Å². The molecule has 5 heterocycles. The summed E-state index contributed by atoms with van der Waals surface area (Å²) in [6.07, 6.45) is 5.33. The van der Waals surface area contributed by atoms with Crippen LogP contribution in [0.5, 0.6) is 5.75 Å². The van der Waals surface area contributed by atoms with Gasteiger partial charge < -0.3 is 19.9 Å². The number of benzene rings is 2. The number of halogens is 2. The van der Waals surface area contributed by atoms with E-state index in [1.807, 2.05) is 12.1 Å². The lowest BCUT2D eigenvalue weighted by atomic mass is 9.93. The molecule has 0 radical (unpaired) electrons. The van der Waals surface area contributed by atoms with Crippen LogP contribution in [0.4, 0.5) is 10.2 Å². The van der Waals surface area contributed by atoms with Gasteiger partial charge in [-0.2, -0.15) is 5.26 Å². The highest BCUT2D eigenvalue weighted by atomic mass is 35.5. The van der Waals surface area contributed by atoms with E-state index < -0.39 is 17.8 Å². The first-order valence-electron chi connectivity index (χ1n) is 18.1. The van der Waals surface area contributed by atoms with Gasteiger partial charge in [-0.15, -0.1) is 10.2 Å². The second kappa shape index (κ2) is 14.4. The highest BCUT2D eigenvalue weighted by molar-refractivity contribution is 6.31. The Bertz CT molecular complexity index is 2000. The Balaban J connectivity index is 0.837. The average Bonchev–Trinajstić information content (AvgIpc) is 3.60. The molecular weight excluding hydrogens is 703 g/mol. The van der Waals surface area contributed by atoms with Crippen LogP contribution in [0.25, 0.3) is 0 Å². The second-order valence-corrected chi connectivity index (χ2v) is 14.9. The minimum absolute atomic E-state index is 0.000599. The Kier molecular flexibility index (Phi) is 9.46. The number of nitrogens with zero attached hydrogens (tertiary/aromatic N) is 6. The van der Waals surface area contributed by atoms with E-state index in [-0.39, 0.29) is 72.6 Å². The number of rotatable bonds is 8. The molecule has 1 aromatic heterocycles. The average molecular weight is 741 g/mol. The third kappa shape index (κ3) is 6.91. The number of hydrogen-bond acceptors (Lipinski definition) is 10. The van der Waals surface area contributed by atoms with E-state index in [4.69, 9.17) is 21.6 Å². The lowest BCUT2D eigenvalue weighted by molar-refractivity contribution is -0.136. The summed E-state index contributed by atoms with van der Waals surface area (Å²) >= 11 is 6.14. The maximum Gasteiger partial charge on any atom is 0.272 e. The van der Waals surface area contributed by atoms with Crippen LogP contribution in [0.1, 0.15) is 88.9 Å². The molecule has 2 bridgehead atoms. The molecule has 3 atom stereocenters. The molecule has 2 N–H and O–H groups in total. The van der Waals surface area contributed by atoms with Gasteiger partial charge in [0.05, 0.1) is 23.2 Å². The minimum Gasteiger partial charge on any atom is -0.490 e. The van der Waals surface area contributed by atoms with Crippen molar-refractivity contribution in [2.75, 3.05) is 18.0 Å². The lowest BCUT2D eigenvalue weighted by Crippen LogP contribution is -2.53. The van der Waals surface area contributed by atoms with Gasteiger partial charge in [-0.1, -0.05) is 17.7 Å². The summed E-state index contributed by atoms with van der Waals surface area (Å²) in [5.74, 6) is -0.642. The number of fused-ring (bicyclic) bond motifs is 3. The standard InChI is InChI=1S/C38H38ClFN8O5/c39-30-15-27(7-1-21(30)16-41)53-26-8-3-23(4-9-26)42-36(50)31-11-13-33(45-44-31)46-18-24-5-6-25(19-46)47(24)17-22-2-10-28-29(35(22)40)20-48(38(28)52)32-12-14-34(49)43-37(32)51/h1-2,7,10-11,13,15,23-26,32H,3-6,8-9,12,14,17-20H2,(H,42,50)(H,43,49,51)/t23-,24?,25?,26-,32?. The summed E-state index contributed by atoms with van der Waals surface area (Å²) < 4.78 is 22.0. The van der Waals surface area contributed by atoms with E-state index in [9.17, 15) is 19.2 Å². The smallest absolute Gasteiger partial charge is 0.272 e. The fraction of sp³-hybridized carbons (Fsp3) is 0.447. The van der Waals surface area contributed by atoms with Gasteiger partial charge in [-0.05, 0) is 75.3 Å². The van der Waals surface area contributed by atoms with Crippen LogP contribution >= 0.6 is 11.6 Å². The number of amides is 4. The van der Waals surface area contributed by atoms with Gasteiger partial charge in [0.2, 0.25) is 11.8 Å². The predicted molar refractivity (Wildman–Crippen MR) is 189 cm³/mol. The van der Waals surface area contributed by atoms with Crippen LogP contribution in [-0.4, -0.2) is 87.0 Å². The van der Waals surface area contributed by atoms with Gasteiger partial charge in [0.15, 0.2) is 11.5 Å². The molecular formula is C38H38ClFN8O5. The number of ether oxygens (including phenoxy) is 1. The molecule has 1 saturated carbocycles. The first-order valence-corrected chi connectivity index (χ1v) is 18.5. The van der Waals surface area contributed by atoms with Gasteiger partial charge in [-0.25, -0.2) is 4.39 Å². The number of hydrogen-bond donors (Lipinski definition) is 2. The Morgan fingerprint density at radius 2 is 1.77 bits per heavy atom. The van der Waals surface area contributed by atoms with Crippen LogP contribution in [0, 0.1) is 17.1 Å². The molecule has 15 heteroatoms. The van der Waals surface area contributed by atoms with E-state index in [1.165, 1.54) is 4.90 Å².